The standard InChI is InChI=1S/C27H30O3Se/c1-27(29-2,23-17-11-13-20-12-9-10-16-22(20)23)26(28)30-24-18-7-4-8-19-25(24)31-21-14-5-3-6-15-21/h3,5-6,9-17,24-25H,4,7-8,18-19H2,1-2H3/t24-,25-,27?/m1/s1. The average molecular weight is 481 g/mol. The van der Waals surface area contributed by atoms with E-state index in [1.165, 1.54) is 17.3 Å². The molecule has 1 aliphatic carbocycles. The molecule has 1 saturated carbocycles. The van der Waals surface area contributed by atoms with Crippen LogP contribution in [0.15, 0.2) is 72.8 Å². The van der Waals surface area contributed by atoms with E-state index >= 15 is 0 Å². The van der Waals surface area contributed by atoms with Gasteiger partial charge in [0.25, 0.3) is 0 Å². The fraction of sp³-hybridized carbons (Fsp3) is 0.370. The van der Waals surface area contributed by atoms with Crippen molar-refractivity contribution in [3.8, 4) is 0 Å². The molecule has 4 rings (SSSR count). The zero-order chi connectivity index (χ0) is 21.7. The summed E-state index contributed by atoms with van der Waals surface area (Å²) in [5.74, 6) is -0.285. The molecule has 0 aromatic heterocycles. The molecule has 3 aromatic carbocycles. The second-order valence-corrected chi connectivity index (χ2v) is 11.1. The Kier molecular flexibility index (Phi) is 7.12. The Morgan fingerprint density at radius 1 is 0.903 bits per heavy atom. The average Bonchev–Trinajstić information content (AvgIpc) is 3.03. The summed E-state index contributed by atoms with van der Waals surface area (Å²) in [6.07, 6.45) is 5.51. The molecule has 0 aliphatic heterocycles. The Labute approximate surface area is 191 Å². The number of esters is 1. The van der Waals surface area contributed by atoms with Gasteiger partial charge in [0.2, 0.25) is 0 Å². The van der Waals surface area contributed by atoms with Gasteiger partial charge in [-0.3, -0.25) is 0 Å². The Morgan fingerprint density at radius 2 is 1.61 bits per heavy atom. The van der Waals surface area contributed by atoms with E-state index in [0.717, 1.165) is 35.6 Å². The monoisotopic (exact) mass is 482 g/mol. The minimum absolute atomic E-state index is 0.0559. The maximum absolute atomic E-state index is 13.6. The van der Waals surface area contributed by atoms with E-state index in [1.54, 1.807) is 7.11 Å². The van der Waals surface area contributed by atoms with Gasteiger partial charge in [-0.25, -0.2) is 0 Å². The van der Waals surface area contributed by atoms with Gasteiger partial charge >= 0.3 is 191 Å². The third-order valence-corrected chi connectivity index (χ3v) is 9.19. The predicted molar refractivity (Wildman–Crippen MR) is 127 cm³/mol. The second-order valence-electron chi connectivity index (χ2n) is 8.32. The molecule has 31 heavy (non-hydrogen) atoms. The van der Waals surface area contributed by atoms with Gasteiger partial charge in [-0.2, -0.15) is 0 Å². The van der Waals surface area contributed by atoms with Crippen molar-refractivity contribution in [2.24, 2.45) is 0 Å². The summed E-state index contributed by atoms with van der Waals surface area (Å²) in [6.45, 7) is 1.84. The first kappa shape index (κ1) is 22.1. The molecule has 1 fully saturated rings. The molecule has 0 spiro atoms. The van der Waals surface area contributed by atoms with E-state index < -0.39 is 5.60 Å². The summed E-state index contributed by atoms with van der Waals surface area (Å²) in [7, 11) is 1.60. The van der Waals surface area contributed by atoms with E-state index in [-0.39, 0.29) is 27.0 Å². The number of carbonyl (C=O) groups excluding carboxylic acids is 1. The van der Waals surface area contributed by atoms with Crippen molar-refractivity contribution in [3.05, 3.63) is 78.4 Å². The Balaban J connectivity index is 1.60. The van der Waals surface area contributed by atoms with Crippen LogP contribution in [0.3, 0.4) is 0 Å². The second kappa shape index (κ2) is 9.99. The van der Waals surface area contributed by atoms with Crippen molar-refractivity contribution in [1.82, 2.24) is 0 Å². The molecular weight excluding hydrogens is 451 g/mol. The van der Waals surface area contributed by atoms with Crippen molar-refractivity contribution < 1.29 is 14.3 Å². The molecule has 3 atom stereocenters. The number of hydrogen-bond donors (Lipinski definition) is 0. The molecule has 0 N–H and O–H groups in total. The molecule has 0 saturated heterocycles. The van der Waals surface area contributed by atoms with Crippen LogP contribution in [0.5, 0.6) is 0 Å². The molecule has 3 nitrogen and oxygen atoms in total. The van der Waals surface area contributed by atoms with Crippen LogP contribution in [0.4, 0.5) is 0 Å². The molecule has 0 heterocycles. The van der Waals surface area contributed by atoms with Crippen LogP contribution in [0.25, 0.3) is 10.8 Å². The molecule has 0 bridgehead atoms. The summed E-state index contributed by atoms with van der Waals surface area (Å²) in [6, 6.07) is 24.8. The molecular formula is C27H30O3Se. The molecule has 3 aromatic rings. The fourth-order valence-electron chi connectivity index (χ4n) is 4.38. The van der Waals surface area contributed by atoms with Crippen LogP contribution in [0, 0.1) is 0 Å². The fourth-order valence-corrected chi connectivity index (χ4v) is 7.09. The third-order valence-electron chi connectivity index (χ3n) is 6.28. The predicted octanol–water partition coefficient (Wildman–Crippen LogP) is 5.40. The number of fused-ring (bicyclic) bond motifs is 1. The number of rotatable bonds is 6. The Morgan fingerprint density at radius 3 is 2.42 bits per heavy atom. The normalized spacial score (nSPS) is 21.2. The van der Waals surface area contributed by atoms with Crippen molar-refractivity contribution in [2.75, 3.05) is 7.11 Å². The summed E-state index contributed by atoms with van der Waals surface area (Å²) in [5, 5.41) is 2.12. The van der Waals surface area contributed by atoms with Crippen molar-refractivity contribution in [3.63, 3.8) is 0 Å². The van der Waals surface area contributed by atoms with E-state index in [0.29, 0.717) is 4.82 Å². The summed E-state index contributed by atoms with van der Waals surface area (Å²) in [4.78, 5) is 14.0. The van der Waals surface area contributed by atoms with Gasteiger partial charge in [0.15, 0.2) is 0 Å². The van der Waals surface area contributed by atoms with Gasteiger partial charge in [0, 0.05) is 0 Å². The quantitative estimate of drug-likeness (QED) is 0.269. The topological polar surface area (TPSA) is 35.5 Å². The van der Waals surface area contributed by atoms with Gasteiger partial charge < -0.3 is 0 Å². The van der Waals surface area contributed by atoms with Crippen molar-refractivity contribution in [1.29, 1.82) is 0 Å². The molecule has 4 heteroatoms. The van der Waals surface area contributed by atoms with Crippen molar-refractivity contribution in [2.45, 2.75) is 55.5 Å². The van der Waals surface area contributed by atoms with Crippen LogP contribution < -0.4 is 4.46 Å². The number of benzene rings is 3. The number of methoxy groups -OCH3 is 1. The van der Waals surface area contributed by atoms with Crippen molar-refractivity contribution >= 4 is 36.2 Å². The van der Waals surface area contributed by atoms with Gasteiger partial charge in [-0.15, -0.1) is 0 Å². The van der Waals surface area contributed by atoms with Crippen LogP contribution in [0.1, 0.15) is 44.6 Å². The first-order chi connectivity index (χ1) is 15.1. The molecule has 0 radical (unpaired) electrons. The molecule has 162 valence electrons. The SMILES string of the molecule is COC(C)(C(=O)O[C@@H]1CCCCC[C@H]1[Se]c1ccccc1)c1cccc2ccccc12. The molecule has 0 amide bonds. The minimum atomic E-state index is -1.14. The number of hydrogen-bond acceptors (Lipinski definition) is 3. The third kappa shape index (κ3) is 4.87. The van der Waals surface area contributed by atoms with Crippen LogP contribution in [-0.4, -0.2) is 34.1 Å². The van der Waals surface area contributed by atoms with Gasteiger partial charge in [0.1, 0.15) is 0 Å². The van der Waals surface area contributed by atoms with Gasteiger partial charge in [0.05, 0.1) is 0 Å². The zero-order valence-electron chi connectivity index (χ0n) is 18.3. The summed E-state index contributed by atoms with van der Waals surface area (Å²) >= 11 is 0.277. The van der Waals surface area contributed by atoms with Gasteiger partial charge in [-0.1, -0.05) is 0 Å². The van der Waals surface area contributed by atoms with Crippen LogP contribution in [-0.2, 0) is 19.9 Å². The summed E-state index contributed by atoms with van der Waals surface area (Å²) in [5.41, 5.74) is -0.283. The first-order valence-corrected chi connectivity index (χ1v) is 12.9. The molecule has 1 aliphatic rings. The number of ether oxygens (including phenoxy) is 2. The van der Waals surface area contributed by atoms with Crippen LogP contribution in [0.2, 0.25) is 4.82 Å². The summed E-state index contributed by atoms with van der Waals surface area (Å²) < 4.78 is 13.5. The number of carbonyl (C=O) groups is 1. The van der Waals surface area contributed by atoms with Gasteiger partial charge in [-0.05, 0) is 0 Å². The first-order valence-electron chi connectivity index (χ1n) is 11.1. The zero-order valence-corrected chi connectivity index (χ0v) is 20.0. The molecule has 1 unspecified atom stereocenters. The van der Waals surface area contributed by atoms with E-state index in [9.17, 15) is 4.79 Å². The van der Waals surface area contributed by atoms with Crippen LogP contribution >= 0.6 is 0 Å². The van der Waals surface area contributed by atoms with E-state index in [4.69, 9.17) is 9.47 Å². The van der Waals surface area contributed by atoms with E-state index in [1.807, 2.05) is 37.3 Å². The Hall–Kier alpha value is -2.13. The Bertz CT molecular complexity index is 1010. The van der Waals surface area contributed by atoms with E-state index in [2.05, 4.69) is 42.5 Å². The maximum atomic E-state index is 13.6.